The molecule has 0 fully saturated rings. The molecule has 0 spiro atoms. The van der Waals surface area contributed by atoms with Crippen molar-refractivity contribution < 1.29 is 24.0 Å². The van der Waals surface area contributed by atoms with Crippen molar-refractivity contribution in [3.8, 4) is 11.8 Å². The molecule has 0 unspecified atom stereocenters. The Morgan fingerprint density at radius 3 is 2.25 bits per heavy atom. The highest BCUT2D eigenvalue weighted by Crippen LogP contribution is 1.98. The van der Waals surface area contributed by atoms with E-state index in [1.54, 1.807) is 0 Å². The van der Waals surface area contributed by atoms with Crippen molar-refractivity contribution in [3.05, 3.63) is 0 Å². The number of rotatable bonds is 9. The van der Waals surface area contributed by atoms with Gasteiger partial charge in [-0.15, -0.1) is 0 Å². The Kier molecular flexibility index (Phi) is 9.58. The van der Waals surface area contributed by atoms with E-state index >= 15 is 0 Å². The number of amides is 3. The highest BCUT2D eigenvalue weighted by atomic mass is 32.1. The average Bonchev–Trinajstić information content (AvgIpc) is 2.45. The van der Waals surface area contributed by atoms with Crippen LogP contribution in [0.2, 0.25) is 0 Å². The second-order valence-corrected chi connectivity index (χ2v) is 5.25. The fraction of sp³-hybridized carbons (Fsp3) is 0.429. The largest absolute Gasteiger partial charge is 0.370 e. The van der Waals surface area contributed by atoms with Gasteiger partial charge in [0.25, 0.3) is 5.91 Å². The summed E-state index contributed by atoms with van der Waals surface area (Å²) < 4.78 is 0. The molecule has 9 nitrogen and oxygen atoms in total. The van der Waals surface area contributed by atoms with Gasteiger partial charge >= 0.3 is 0 Å². The van der Waals surface area contributed by atoms with Gasteiger partial charge in [0.1, 0.15) is 11.8 Å². The molecule has 0 saturated heterocycles. The Morgan fingerprint density at radius 2 is 1.75 bits per heavy atom. The summed E-state index contributed by atoms with van der Waals surface area (Å²) in [5.74, 6) is 0.623. The first-order chi connectivity index (χ1) is 11.1. The van der Waals surface area contributed by atoms with Gasteiger partial charge in [-0.25, -0.2) is 0 Å². The van der Waals surface area contributed by atoms with E-state index in [2.05, 4.69) is 10.6 Å². The number of carbonyl (C=O) groups is 5. The van der Waals surface area contributed by atoms with Crippen molar-refractivity contribution >= 4 is 46.5 Å². The Bertz CT molecular complexity index is 620. The summed E-state index contributed by atoms with van der Waals surface area (Å²) in [6.07, 6.45) is -0.243. The van der Waals surface area contributed by atoms with Gasteiger partial charge in [0, 0.05) is 12.3 Å². The van der Waals surface area contributed by atoms with Crippen LogP contribution in [0.15, 0.2) is 0 Å². The molecule has 0 heterocycles. The zero-order chi connectivity index (χ0) is 18.7. The van der Waals surface area contributed by atoms with Crippen LogP contribution in [0.1, 0.15) is 26.2 Å². The van der Waals surface area contributed by atoms with E-state index in [1.807, 2.05) is 11.8 Å². The van der Waals surface area contributed by atoms with Gasteiger partial charge in [0.05, 0.1) is 18.0 Å². The van der Waals surface area contributed by atoms with Crippen LogP contribution in [0, 0.1) is 11.8 Å². The van der Waals surface area contributed by atoms with Gasteiger partial charge in [0.2, 0.25) is 17.6 Å². The highest BCUT2D eigenvalue weighted by molar-refractivity contribution is 7.80. The summed E-state index contributed by atoms with van der Waals surface area (Å²) in [5.41, 5.74) is 9.81. The lowest BCUT2D eigenvalue weighted by molar-refractivity contribution is -0.125. The molecule has 0 rings (SSSR count). The van der Waals surface area contributed by atoms with Crippen LogP contribution in [-0.2, 0) is 24.0 Å². The standard InChI is InChI=1S/C14H18N4O5S/c1-8(19)6-14(24)17-7-13(23)18-9(2-4-11(15)21)10(20)3-5-12(16)22/h9H,2,4,6-7H2,1H3,(H2,15,21)(H2,16,22)(H,17,24)(H,18,23)/t9-/m0/s1. The molecule has 3 amide bonds. The molecule has 0 aliphatic carbocycles. The van der Waals surface area contributed by atoms with Crippen LogP contribution < -0.4 is 22.1 Å². The Hall–Kier alpha value is -2.80. The molecule has 1 atom stereocenters. The predicted octanol–water partition coefficient (Wildman–Crippen LogP) is -2.31. The van der Waals surface area contributed by atoms with Gasteiger partial charge in [-0.2, -0.15) is 0 Å². The van der Waals surface area contributed by atoms with Crippen LogP contribution in [0.4, 0.5) is 0 Å². The van der Waals surface area contributed by atoms with E-state index in [1.165, 1.54) is 6.92 Å². The van der Waals surface area contributed by atoms with Crippen molar-refractivity contribution in [1.29, 1.82) is 0 Å². The van der Waals surface area contributed by atoms with Crippen molar-refractivity contribution in [1.82, 2.24) is 10.6 Å². The van der Waals surface area contributed by atoms with Gasteiger partial charge in [-0.05, 0) is 19.3 Å². The molecule has 0 aliphatic rings. The van der Waals surface area contributed by atoms with Crippen LogP contribution >= 0.6 is 12.2 Å². The van der Waals surface area contributed by atoms with E-state index in [0.717, 1.165) is 0 Å². The van der Waals surface area contributed by atoms with Crippen LogP contribution in [-0.4, -0.2) is 46.9 Å². The fourth-order valence-corrected chi connectivity index (χ4v) is 1.75. The molecule has 0 aliphatic heterocycles. The van der Waals surface area contributed by atoms with E-state index in [-0.39, 0.29) is 36.6 Å². The minimum Gasteiger partial charge on any atom is -0.370 e. The maximum atomic E-state index is 11.8. The number of carbonyl (C=O) groups excluding carboxylic acids is 5. The summed E-state index contributed by atoms with van der Waals surface area (Å²) in [6.45, 7) is 1.08. The molecule has 24 heavy (non-hydrogen) atoms. The van der Waals surface area contributed by atoms with Crippen molar-refractivity contribution in [2.75, 3.05) is 6.54 Å². The maximum absolute atomic E-state index is 11.8. The Balaban J connectivity index is 4.71. The predicted molar refractivity (Wildman–Crippen MR) is 88.2 cm³/mol. The maximum Gasteiger partial charge on any atom is 0.293 e. The van der Waals surface area contributed by atoms with Gasteiger partial charge in [-0.3, -0.25) is 24.0 Å². The summed E-state index contributed by atoms with van der Waals surface area (Å²) in [7, 11) is 0. The van der Waals surface area contributed by atoms with Crippen molar-refractivity contribution in [3.63, 3.8) is 0 Å². The zero-order valence-corrected chi connectivity index (χ0v) is 13.8. The Labute approximate surface area is 143 Å². The second-order valence-electron chi connectivity index (χ2n) is 4.76. The molecule has 10 heteroatoms. The molecule has 0 radical (unpaired) electrons. The third-order valence-electron chi connectivity index (χ3n) is 2.50. The Morgan fingerprint density at radius 1 is 1.12 bits per heavy atom. The second kappa shape index (κ2) is 10.8. The highest BCUT2D eigenvalue weighted by Gasteiger charge is 2.20. The first-order valence-corrected chi connectivity index (χ1v) is 7.21. The third kappa shape index (κ3) is 10.9. The number of nitrogens with one attached hydrogen (secondary N) is 2. The van der Waals surface area contributed by atoms with Crippen molar-refractivity contribution in [2.45, 2.75) is 32.2 Å². The first kappa shape index (κ1) is 21.2. The normalized spacial score (nSPS) is 10.5. The first-order valence-electron chi connectivity index (χ1n) is 6.81. The van der Waals surface area contributed by atoms with Gasteiger partial charge < -0.3 is 22.1 Å². The van der Waals surface area contributed by atoms with E-state index in [9.17, 15) is 24.0 Å². The zero-order valence-electron chi connectivity index (χ0n) is 13.0. The van der Waals surface area contributed by atoms with E-state index in [0.29, 0.717) is 0 Å². The monoisotopic (exact) mass is 354 g/mol. The molecule has 130 valence electrons. The molecular formula is C14H18N4O5S. The number of hydrogen-bond acceptors (Lipinski definition) is 6. The van der Waals surface area contributed by atoms with Crippen LogP contribution in [0.3, 0.4) is 0 Å². The average molecular weight is 354 g/mol. The molecular weight excluding hydrogens is 336 g/mol. The number of Topliss-reactive ketones (excluding diaryl/α,β-unsaturated/α-hetero) is 2. The molecule has 0 saturated carbocycles. The van der Waals surface area contributed by atoms with E-state index in [4.69, 9.17) is 23.7 Å². The number of nitrogens with two attached hydrogens (primary N) is 2. The molecule has 6 N–H and O–H groups in total. The summed E-state index contributed by atoms with van der Waals surface area (Å²) in [5, 5.41) is 4.91. The van der Waals surface area contributed by atoms with Gasteiger partial charge in [0.15, 0.2) is 0 Å². The van der Waals surface area contributed by atoms with Crippen LogP contribution in [0.5, 0.6) is 0 Å². The molecule has 0 aromatic heterocycles. The van der Waals surface area contributed by atoms with Gasteiger partial charge in [-0.1, -0.05) is 12.2 Å². The topological polar surface area (TPSA) is 161 Å². The number of hydrogen-bond donors (Lipinski definition) is 4. The summed E-state index contributed by atoms with van der Waals surface area (Å²) in [6, 6.07) is -1.12. The van der Waals surface area contributed by atoms with Crippen molar-refractivity contribution in [2.24, 2.45) is 11.5 Å². The molecule has 0 aromatic rings. The third-order valence-corrected chi connectivity index (χ3v) is 2.78. The smallest absolute Gasteiger partial charge is 0.293 e. The molecule has 0 aromatic carbocycles. The SMILES string of the molecule is CC(=O)CC(=S)NCC(=O)N[C@@H](CCC(N)=O)C(=O)C#CC(N)=O. The molecule has 0 bridgehead atoms. The minimum absolute atomic E-state index is 0.00324. The quantitative estimate of drug-likeness (QED) is 0.205. The number of primary amides is 2. The lowest BCUT2D eigenvalue weighted by Crippen LogP contribution is -2.45. The lowest BCUT2D eigenvalue weighted by atomic mass is 10.1. The lowest BCUT2D eigenvalue weighted by Gasteiger charge is -2.15. The summed E-state index contributed by atoms with van der Waals surface area (Å²) in [4.78, 5) is 56.1. The van der Waals surface area contributed by atoms with E-state index < -0.39 is 29.5 Å². The summed E-state index contributed by atoms with van der Waals surface area (Å²) >= 11 is 4.86. The fourth-order valence-electron chi connectivity index (χ4n) is 1.48. The number of thiocarbonyl (C=S) groups is 1. The number of ketones is 2. The minimum atomic E-state index is -1.12. The van der Waals surface area contributed by atoms with Crippen LogP contribution in [0.25, 0.3) is 0 Å².